The Bertz CT molecular complexity index is 446. The van der Waals surface area contributed by atoms with E-state index in [1.54, 1.807) is 0 Å². The van der Waals surface area contributed by atoms with E-state index in [4.69, 9.17) is 5.11 Å². The molecule has 2 rings (SSSR count). The topological polar surface area (TPSA) is 87.1 Å². The van der Waals surface area contributed by atoms with Gasteiger partial charge >= 0.3 is 5.97 Å². The number of carboxylic acid groups (broad SMARTS) is 1. The lowest BCUT2D eigenvalue weighted by atomic mass is 9.93. The molecule has 1 heterocycles. The molecule has 6 heteroatoms. The first-order valence-electron chi connectivity index (χ1n) is 6.71. The molecule has 0 atom stereocenters. The molecule has 1 aromatic heterocycles. The number of carboxylic acids is 1. The molecular weight excluding hydrogens is 244 g/mol. The summed E-state index contributed by atoms with van der Waals surface area (Å²) in [6.07, 6.45) is 4.44. The number of nitrogens with zero attached hydrogens (tertiary/aromatic N) is 2. The zero-order valence-electron chi connectivity index (χ0n) is 11.1. The Balaban J connectivity index is 1.86. The van der Waals surface area contributed by atoms with Crippen molar-refractivity contribution in [3.63, 3.8) is 0 Å². The normalized spacial score (nSPS) is 14.8. The van der Waals surface area contributed by atoms with Crippen molar-refractivity contribution in [2.75, 3.05) is 17.2 Å². The van der Waals surface area contributed by atoms with Gasteiger partial charge in [0.2, 0.25) is 0 Å². The molecule has 1 aromatic rings. The van der Waals surface area contributed by atoms with Gasteiger partial charge in [0, 0.05) is 25.1 Å². The van der Waals surface area contributed by atoms with Crippen molar-refractivity contribution in [1.82, 2.24) is 9.97 Å². The monoisotopic (exact) mass is 264 g/mol. The molecule has 1 saturated carbocycles. The van der Waals surface area contributed by atoms with Crippen LogP contribution in [-0.2, 0) is 4.79 Å². The van der Waals surface area contributed by atoms with E-state index in [-0.39, 0.29) is 6.42 Å². The van der Waals surface area contributed by atoms with Crippen molar-refractivity contribution in [3.8, 4) is 0 Å². The summed E-state index contributed by atoms with van der Waals surface area (Å²) in [5, 5.41) is 15.1. The second kappa shape index (κ2) is 6.36. The molecule has 3 N–H and O–H groups in total. The van der Waals surface area contributed by atoms with Crippen molar-refractivity contribution in [1.29, 1.82) is 0 Å². The van der Waals surface area contributed by atoms with Crippen molar-refractivity contribution in [3.05, 3.63) is 11.9 Å². The molecule has 6 nitrogen and oxygen atoms in total. The number of aliphatic carboxylic acids is 1. The van der Waals surface area contributed by atoms with Gasteiger partial charge in [-0.05, 0) is 32.6 Å². The third-order valence-corrected chi connectivity index (χ3v) is 3.17. The standard InChI is InChI=1S/C13H20N4O2/c1-9-15-11(14-7-3-6-13(18)19)8-12(16-9)17-10-4-2-5-10/h8,10H,2-7H2,1H3,(H,18,19)(H2,14,15,16,17). The van der Waals surface area contributed by atoms with Gasteiger partial charge in [-0.25, -0.2) is 9.97 Å². The number of carbonyl (C=O) groups is 1. The van der Waals surface area contributed by atoms with Crippen LogP contribution in [0.5, 0.6) is 0 Å². The fourth-order valence-corrected chi connectivity index (χ4v) is 1.95. The first-order valence-corrected chi connectivity index (χ1v) is 6.71. The van der Waals surface area contributed by atoms with Crippen LogP contribution in [0, 0.1) is 6.92 Å². The quantitative estimate of drug-likeness (QED) is 0.653. The van der Waals surface area contributed by atoms with Gasteiger partial charge in [0.15, 0.2) is 0 Å². The van der Waals surface area contributed by atoms with Gasteiger partial charge in [-0.1, -0.05) is 0 Å². The fourth-order valence-electron chi connectivity index (χ4n) is 1.95. The Labute approximate surface area is 112 Å². The van der Waals surface area contributed by atoms with Gasteiger partial charge < -0.3 is 15.7 Å². The first kappa shape index (κ1) is 13.6. The summed E-state index contributed by atoms with van der Waals surface area (Å²) >= 11 is 0. The third kappa shape index (κ3) is 4.39. The average Bonchev–Trinajstić information content (AvgIpc) is 2.29. The highest BCUT2D eigenvalue weighted by Crippen LogP contribution is 2.23. The van der Waals surface area contributed by atoms with Crippen molar-refractivity contribution >= 4 is 17.6 Å². The molecule has 0 spiro atoms. The number of hydrogen-bond donors (Lipinski definition) is 3. The van der Waals surface area contributed by atoms with Crippen LogP contribution in [0.1, 0.15) is 37.9 Å². The highest BCUT2D eigenvalue weighted by molar-refractivity contribution is 5.66. The fraction of sp³-hybridized carbons (Fsp3) is 0.615. The summed E-state index contributed by atoms with van der Waals surface area (Å²) < 4.78 is 0. The van der Waals surface area contributed by atoms with E-state index in [0.29, 0.717) is 24.8 Å². The molecule has 0 radical (unpaired) electrons. The van der Waals surface area contributed by atoms with Gasteiger partial charge in [0.1, 0.15) is 17.5 Å². The lowest BCUT2D eigenvalue weighted by Crippen LogP contribution is -2.27. The second-order valence-corrected chi connectivity index (χ2v) is 4.88. The Morgan fingerprint density at radius 3 is 2.79 bits per heavy atom. The predicted octanol–water partition coefficient (Wildman–Crippen LogP) is 2.03. The van der Waals surface area contributed by atoms with Gasteiger partial charge in [0.25, 0.3) is 0 Å². The molecule has 0 aromatic carbocycles. The molecule has 0 amide bonds. The zero-order valence-corrected chi connectivity index (χ0v) is 11.1. The number of nitrogens with one attached hydrogen (secondary N) is 2. The van der Waals surface area contributed by atoms with E-state index in [1.807, 2.05) is 13.0 Å². The van der Waals surface area contributed by atoms with E-state index in [9.17, 15) is 4.79 Å². The highest BCUT2D eigenvalue weighted by atomic mass is 16.4. The maximum atomic E-state index is 10.4. The number of aromatic nitrogens is 2. The first-order chi connectivity index (χ1) is 9.13. The van der Waals surface area contributed by atoms with Crippen LogP contribution in [0.4, 0.5) is 11.6 Å². The van der Waals surface area contributed by atoms with E-state index in [0.717, 1.165) is 11.6 Å². The van der Waals surface area contributed by atoms with E-state index < -0.39 is 5.97 Å². The van der Waals surface area contributed by atoms with Crippen molar-refractivity contribution < 1.29 is 9.90 Å². The van der Waals surface area contributed by atoms with Crippen molar-refractivity contribution in [2.45, 2.75) is 45.1 Å². The van der Waals surface area contributed by atoms with Crippen LogP contribution < -0.4 is 10.6 Å². The summed E-state index contributed by atoms with van der Waals surface area (Å²) in [5.41, 5.74) is 0. The molecule has 0 aliphatic heterocycles. The molecule has 1 aliphatic rings. The molecule has 0 saturated heterocycles. The van der Waals surface area contributed by atoms with Crippen LogP contribution >= 0.6 is 0 Å². The van der Waals surface area contributed by atoms with E-state index in [2.05, 4.69) is 20.6 Å². The molecular formula is C13H20N4O2. The minimum atomic E-state index is -0.770. The Morgan fingerprint density at radius 2 is 2.16 bits per heavy atom. The Morgan fingerprint density at radius 1 is 1.42 bits per heavy atom. The number of aryl methyl sites for hydroxylation is 1. The smallest absolute Gasteiger partial charge is 0.303 e. The molecule has 1 fully saturated rings. The van der Waals surface area contributed by atoms with E-state index in [1.165, 1.54) is 19.3 Å². The molecule has 1 aliphatic carbocycles. The van der Waals surface area contributed by atoms with Crippen LogP contribution in [0.2, 0.25) is 0 Å². The van der Waals surface area contributed by atoms with E-state index >= 15 is 0 Å². The van der Waals surface area contributed by atoms with Gasteiger partial charge in [-0.15, -0.1) is 0 Å². The SMILES string of the molecule is Cc1nc(NCCCC(=O)O)cc(NC2CCC2)n1. The lowest BCUT2D eigenvalue weighted by Gasteiger charge is -2.27. The highest BCUT2D eigenvalue weighted by Gasteiger charge is 2.17. The van der Waals surface area contributed by atoms with Crippen LogP contribution in [0.3, 0.4) is 0 Å². The predicted molar refractivity (Wildman–Crippen MR) is 73.4 cm³/mol. The molecule has 104 valence electrons. The maximum Gasteiger partial charge on any atom is 0.303 e. The lowest BCUT2D eigenvalue weighted by molar-refractivity contribution is -0.137. The van der Waals surface area contributed by atoms with Crippen molar-refractivity contribution in [2.24, 2.45) is 0 Å². The van der Waals surface area contributed by atoms with Crippen LogP contribution in [-0.4, -0.2) is 33.6 Å². The maximum absolute atomic E-state index is 10.4. The largest absolute Gasteiger partial charge is 0.481 e. The van der Waals surface area contributed by atoms with Crippen LogP contribution in [0.25, 0.3) is 0 Å². The van der Waals surface area contributed by atoms with Gasteiger partial charge in [-0.3, -0.25) is 4.79 Å². The van der Waals surface area contributed by atoms with Crippen LogP contribution in [0.15, 0.2) is 6.07 Å². The molecule has 19 heavy (non-hydrogen) atoms. The average molecular weight is 264 g/mol. The minimum Gasteiger partial charge on any atom is -0.481 e. The number of anilines is 2. The second-order valence-electron chi connectivity index (χ2n) is 4.88. The number of hydrogen-bond acceptors (Lipinski definition) is 5. The summed E-state index contributed by atoms with van der Waals surface area (Å²) in [4.78, 5) is 19.1. The van der Waals surface area contributed by atoms with Gasteiger partial charge in [0.05, 0.1) is 0 Å². The Kier molecular flexibility index (Phi) is 4.54. The summed E-state index contributed by atoms with van der Waals surface area (Å²) in [7, 11) is 0. The third-order valence-electron chi connectivity index (χ3n) is 3.17. The summed E-state index contributed by atoms with van der Waals surface area (Å²) in [5.74, 6) is 1.54. The number of rotatable bonds is 7. The zero-order chi connectivity index (χ0) is 13.7. The summed E-state index contributed by atoms with van der Waals surface area (Å²) in [6, 6.07) is 2.42. The minimum absolute atomic E-state index is 0.171. The molecule has 0 bridgehead atoms. The Hall–Kier alpha value is -1.85. The van der Waals surface area contributed by atoms with Gasteiger partial charge in [-0.2, -0.15) is 0 Å². The summed E-state index contributed by atoms with van der Waals surface area (Å²) in [6.45, 7) is 2.46. The molecule has 0 unspecified atom stereocenters.